The van der Waals surface area contributed by atoms with Crippen LogP contribution in [0.2, 0.25) is 0 Å². The molecule has 1 aliphatic rings. The second-order valence-electron chi connectivity index (χ2n) is 4.55. The van der Waals surface area contributed by atoms with Crippen LogP contribution >= 0.6 is 0 Å². The number of nitrogens with zero attached hydrogens (tertiary/aromatic N) is 3. The zero-order chi connectivity index (χ0) is 13.1. The van der Waals surface area contributed by atoms with Crippen LogP contribution in [0.3, 0.4) is 0 Å². The van der Waals surface area contributed by atoms with Crippen molar-refractivity contribution >= 4 is 11.7 Å². The van der Waals surface area contributed by atoms with Crippen LogP contribution < -0.4 is 5.73 Å². The lowest BCUT2D eigenvalue weighted by Crippen LogP contribution is -2.29. The minimum absolute atomic E-state index is 0.0205. The Labute approximate surface area is 105 Å². The van der Waals surface area contributed by atoms with Crippen molar-refractivity contribution in [2.75, 3.05) is 13.6 Å². The molecule has 6 nitrogen and oxygen atoms in total. The van der Waals surface area contributed by atoms with Crippen LogP contribution in [-0.4, -0.2) is 40.4 Å². The van der Waals surface area contributed by atoms with Gasteiger partial charge in [0.2, 0.25) is 0 Å². The highest BCUT2D eigenvalue weighted by molar-refractivity contribution is 5.98. The van der Waals surface area contributed by atoms with E-state index >= 15 is 0 Å². The molecule has 3 N–H and O–H groups in total. The molecule has 1 aromatic rings. The number of amidine groups is 1. The van der Waals surface area contributed by atoms with E-state index in [2.05, 4.69) is 10.1 Å². The molecule has 0 radical (unpaired) electrons. The summed E-state index contributed by atoms with van der Waals surface area (Å²) in [7, 11) is 1.78. The van der Waals surface area contributed by atoms with Crippen LogP contribution in [0.15, 0.2) is 23.5 Å². The second kappa shape index (κ2) is 5.03. The van der Waals surface area contributed by atoms with Gasteiger partial charge < -0.3 is 15.8 Å². The number of aromatic nitrogens is 1. The summed E-state index contributed by atoms with van der Waals surface area (Å²) in [5.74, 6) is 0.524. The molecule has 0 atom stereocenters. The SMILES string of the molecule is CN(CC1CC1)C(=O)c1ccc(C(N)=NO)cn1. The second-order valence-corrected chi connectivity index (χ2v) is 4.55. The Bertz CT molecular complexity index is 465. The molecule has 1 amide bonds. The van der Waals surface area contributed by atoms with E-state index in [9.17, 15) is 4.79 Å². The van der Waals surface area contributed by atoms with Crippen molar-refractivity contribution in [1.29, 1.82) is 0 Å². The summed E-state index contributed by atoms with van der Waals surface area (Å²) in [5.41, 5.74) is 6.27. The number of hydrogen-bond donors (Lipinski definition) is 2. The lowest BCUT2D eigenvalue weighted by molar-refractivity contribution is 0.0783. The molecule has 1 aromatic heterocycles. The van der Waals surface area contributed by atoms with Gasteiger partial charge in [0.1, 0.15) is 5.69 Å². The Kier molecular flexibility index (Phi) is 3.45. The van der Waals surface area contributed by atoms with Crippen molar-refractivity contribution in [3.05, 3.63) is 29.6 Å². The zero-order valence-electron chi connectivity index (χ0n) is 10.2. The maximum atomic E-state index is 12.0. The highest BCUT2D eigenvalue weighted by atomic mass is 16.4. The van der Waals surface area contributed by atoms with Crippen molar-refractivity contribution in [3.8, 4) is 0 Å². The fourth-order valence-electron chi connectivity index (χ4n) is 1.70. The summed E-state index contributed by atoms with van der Waals surface area (Å²) in [6, 6.07) is 3.19. The smallest absolute Gasteiger partial charge is 0.272 e. The highest BCUT2D eigenvalue weighted by Gasteiger charge is 2.25. The monoisotopic (exact) mass is 248 g/mol. The van der Waals surface area contributed by atoms with Crippen LogP contribution in [0, 0.1) is 5.92 Å². The first kappa shape index (κ1) is 12.3. The van der Waals surface area contributed by atoms with Gasteiger partial charge in [-0.15, -0.1) is 0 Å². The first-order valence-corrected chi connectivity index (χ1v) is 5.81. The largest absolute Gasteiger partial charge is 0.409 e. The van der Waals surface area contributed by atoms with Crippen molar-refractivity contribution in [3.63, 3.8) is 0 Å². The lowest BCUT2D eigenvalue weighted by Gasteiger charge is -2.16. The van der Waals surface area contributed by atoms with Gasteiger partial charge in [0.15, 0.2) is 5.84 Å². The molecule has 1 heterocycles. The summed E-state index contributed by atoms with van der Waals surface area (Å²) < 4.78 is 0. The standard InChI is InChI=1S/C12H16N4O2/c1-16(7-8-2-3-8)12(17)10-5-4-9(6-14-10)11(13)15-18/h4-6,8,18H,2-3,7H2,1H3,(H2,13,15). The first-order valence-electron chi connectivity index (χ1n) is 5.81. The zero-order valence-corrected chi connectivity index (χ0v) is 10.2. The van der Waals surface area contributed by atoms with Crippen LogP contribution in [0.1, 0.15) is 28.9 Å². The van der Waals surface area contributed by atoms with E-state index in [0.717, 1.165) is 6.54 Å². The third-order valence-electron chi connectivity index (χ3n) is 2.96. The van der Waals surface area contributed by atoms with Crippen molar-refractivity contribution in [2.24, 2.45) is 16.8 Å². The topological polar surface area (TPSA) is 91.8 Å². The van der Waals surface area contributed by atoms with E-state index < -0.39 is 0 Å². The van der Waals surface area contributed by atoms with Crippen molar-refractivity contribution in [1.82, 2.24) is 9.88 Å². The summed E-state index contributed by atoms with van der Waals surface area (Å²) in [6.45, 7) is 0.780. The highest BCUT2D eigenvalue weighted by Crippen LogP contribution is 2.29. The Hall–Kier alpha value is -2.11. The van der Waals surface area contributed by atoms with Gasteiger partial charge in [-0.1, -0.05) is 5.16 Å². The third-order valence-corrected chi connectivity index (χ3v) is 2.96. The van der Waals surface area contributed by atoms with Gasteiger partial charge in [0.25, 0.3) is 5.91 Å². The molecule has 18 heavy (non-hydrogen) atoms. The predicted molar refractivity (Wildman–Crippen MR) is 66.4 cm³/mol. The fourth-order valence-corrected chi connectivity index (χ4v) is 1.70. The van der Waals surface area contributed by atoms with Crippen LogP contribution in [0.5, 0.6) is 0 Å². The molecular weight excluding hydrogens is 232 g/mol. The van der Waals surface area contributed by atoms with Gasteiger partial charge in [-0.05, 0) is 30.9 Å². The molecule has 0 unspecified atom stereocenters. The molecule has 6 heteroatoms. The van der Waals surface area contributed by atoms with Gasteiger partial charge in [0, 0.05) is 25.4 Å². The van der Waals surface area contributed by atoms with Crippen LogP contribution in [-0.2, 0) is 0 Å². The van der Waals surface area contributed by atoms with Gasteiger partial charge in [-0.25, -0.2) is 0 Å². The van der Waals surface area contributed by atoms with E-state index in [1.807, 2.05) is 0 Å². The van der Waals surface area contributed by atoms with Crippen molar-refractivity contribution < 1.29 is 10.0 Å². The molecule has 2 rings (SSSR count). The number of carbonyl (C=O) groups is 1. The first-order chi connectivity index (χ1) is 8.61. The number of rotatable bonds is 4. The number of pyridine rings is 1. The van der Waals surface area contributed by atoms with Crippen LogP contribution in [0.4, 0.5) is 0 Å². The molecule has 0 saturated heterocycles. The third kappa shape index (κ3) is 2.77. The van der Waals surface area contributed by atoms with E-state index in [1.54, 1.807) is 24.1 Å². The molecule has 0 aliphatic heterocycles. The average molecular weight is 248 g/mol. The molecule has 0 bridgehead atoms. The number of hydrogen-bond acceptors (Lipinski definition) is 4. The predicted octanol–water partition coefficient (Wildman–Crippen LogP) is 0.658. The maximum Gasteiger partial charge on any atom is 0.272 e. The average Bonchev–Trinajstić information content (AvgIpc) is 3.21. The van der Waals surface area contributed by atoms with Gasteiger partial charge in [-0.3, -0.25) is 9.78 Å². The molecule has 1 saturated carbocycles. The number of oxime groups is 1. The van der Waals surface area contributed by atoms with E-state index in [4.69, 9.17) is 10.9 Å². The Balaban J connectivity index is 2.06. The van der Waals surface area contributed by atoms with E-state index in [-0.39, 0.29) is 11.7 Å². The maximum absolute atomic E-state index is 12.0. The Morgan fingerprint density at radius 3 is 2.83 bits per heavy atom. The van der Waals surface area contributed by atoms with Gasteiger partial charge in [-0.2, -0.15) is 0 Å². The number of carbonyl (C=O) groups excluding carboxylic acids is 1. The molecule has 0 aromatic carbocycles. The van der Waals surface area contributed by atoms with E-state index in [0.29, 0.717) is 17.2 Å². The van der Waals surface area contributed by atoms with Crippen molar-refractivity contribution in [2.45, 2.75) is 12.8 Å². The normalized spacial score (nSPS) is 15.5. The summed E-state index contributed by atoms with van der Waals surface area (Å²) in [5, 5.41) is 11.4. The lowest BCUT2D eigenvalue weighted by atomic mass is 10.2. The molecule has 1 fully saturated rings. The summed E-state index contributed by atoms with van der Waals surface area (Å²) in [6.07, 6.45) is 3.83. The molecular formula is C12H16N4O2. The fraction of sp³-hybridized carbons (Fsp3) is 0.417. The summed E-state index contributed by atoms with van der Waals surface area (Å²) in [4.78, 5) is 17.7. The minimum Gasteiger partial charge on any atom is -0.409 e. The minimum atomic E-state index is -0.104. The molecule has 96 valence electrons. The quantitative estimate of drug-likeness (QED) is 0.354. The van der Waals surface area contributed by atoms with Gasteiger partial charge >= 0.3 is 0 Å². The Morgan fingerprint density at radius 2 is 2.33 bits per heavy atom. The number of amides is 1. The number of nitrogens with two attached hydrogens (primary N) is 1. The van der Waals surface area contributed by atoms with Crippen LogP contribution in [0.25, 0.3) is 0 Å². The summed E-state index contributed by atoms with van der Waals surface area (Å²) >= 11 is 0. The van der Waals surface area contributed by atoms with Gasteiger partial charge in [0.05, 0.1) is 0 Å². The molecule has 0 spiro atoms. The Morgan fingerprint density at radius 1 is 1.61 bits per heavy atom. The van der Waals surface area contributed by atoms with E-state index in [1.165, 1.54) is 19.0 Å². The molecule has 1 aliphatic carbocycles.